The van der Waals surface area contributed by atoms with Crippen LogP contribution in [0.4, 0.5) is 8.78 Å². The van der Waals surface area contributed by atoms with Gasteiger partial charge in [0.05, 0.1) is 0 Å². The number of benzene rings is 1. The van der Waals surface area contributed by atoms with E-state index in [1.807, 2.05) is 7.05 Å². The van der Waals surface area contributed by atoms with Crippen molar-refractivity contribution in [3.63, 3.8) is 0 Å². The first kappa shape index (κ1) is 18.0. The largest absolute Gasteiger partial charge is 0.352 e. The zero-order valence-electron chi connectivity index (χ0n) is 12.5. The summed E-state index contributed by atoms with van der Waals surface area (Å²) in [7, 11) is 2.04. The predicted molar refractivity (Wildman–Crippen MR) is 83.4 cm³/mol. The first-order valence-corrected chi connectivity index (χ1v) is 7.75. The number of hydrogen-bond donors (Lipinski definition) is 1. The summed E-state index contributed by atoms with van der Waals surface area (Å²) in [6.45, 7) is 5.55. The van der Waals surface area contributed by atoms with Crippen molar-refractivity contribution >= 4 is 21.8 Å². The third-order valence-corrected chi connectivity index (χ3v) is 3.80. The summed E-state index contributed by atoms with van der Waals surface area (Å²) in [5.74, 6) is -2.44. The second-order valence-corrected chi connectivity index (χ2v) is 6.20. The minimum absolute atomic E-state index is 0.269. The maximum Gasteiger partial charge on any atom is 0.257 e. The fourth-order valence-electron chi connectivity index (χ4n) is 1.79. The molecule has 0 aromatic heterocycles. The molecule has 0 saturated heterocycles. The van der Waals surface area contributed by atoms with Gasteiger partial charge in [-0.3, -0.25) is 4.79 Å². The molecule has 21 heavy (non-hydrogen) atoms. The van der Waals surface area contributed by atoms with Crippen molar-refractivity contribution in [2.24, 2.45) is 0 Å². The van der Waals surface area contributed by atoms with Crippen molar-refractivity contribution in [1.29, 1.82) is 0 Å². The van der Waals surface area contributed by atoms with Crippen LogP contribution in [-0.4, -0.2) is 37.0 Å². The van der Waals surface area contributed by atoms with E-state index in [4.69, 9.17) is 0 Å². The van der Waals surface area contributed by atoms with E-state index < -0.39 is 23.1 Å². The number of amides is 1. The summed E-state index contributed by atoms with van der Waals surface area (Å²) >= 11 is 2.98. The average Bonchev–Trinajstić information content (AvgIpc) is 2.36. The van der Waals surface area contributed by atoms with Crippen LogP contribution in [0.1, 0.15) is 37.0 Å². The Morgan fingerprint density at radius 3 is 2.38 bits per heavy atom. The number of unbranched alkanes of at least 4 members (excludes halogenated alkanes) is 1. The highest BCUT2D eigenvalue weighted by molar-refractivity contribution is 9.10. The zero-order chi connectivity index (χ0) is 16.0. The van der Waals surface area contributed by atoms with E-state index in [1.165, 1.54) is 0 Å². The molecule has 118 valence electrons. The zero-order valence-corrected chi connectivity index (χ0v) is 14.1. The SMILES string of the molecule is CC(C)N(C)CCCCNC(=O)c1c(F)cc(Br)cc1F. The molecule has 0 aliphatic carbocycles. The van der Waals surface area contributed by atoms with E-state index >= 15 is 0 Å². The predicted octanol–water partition coefficient (Wildman–Crippen LogP) is 3.58. The Labute approximate surface area is 132 Å². The molecule has 0 aliphatic heterocycles. The molecule has 0 saturated carbocycles. The number of carbonyl (C=O) groups is 1. The van der Waals surface area contributed by atoms with Crippen LogP contribution in [0, 0.1) is 11.6 Å². The van der Waals surface area contributed by atoms with Gasteiger partial charge in [0.2, 0.25) is 0 Å². The van der Waals surface area contributed by atoms with Gasteiger partial charge in [0.15, 0.2) is 0 Å². The van der Waals surface area contributed by atoms with Gasteiger partial charge >= 0.3 is 0 Å². The van der Waals surface area contributed by atoms with E-state index in [1.54, 1.807) is 0 Å². The van der Waals surface area contributed by atoms with Gasteiger partial charge < -0.3 is 10.2 Å². The van der Waals surface area contributed by atoms with Gasteiger partial charge in [0.1, 0.15) is 17.2 Å². The molecule has 0 spiro atoms. The Bertz CT molecular complexity index is 472. The molecule has 0 bridgehead atoms. The van der Waals surface area contributed by atoms with Crippen LogP contribution in [0.5, 0.6) is 0 Å². The molecule has 0 fully saturated rings. The fraction of sp³-hybridized carbons (Fsp3) is 0.533. The highest BCUT2D eigenvalue weighted by Crippen LogP contribution is 2.19. The summed E-state index contributed by atoms with van der Waals surface area (Å²) in [6.07, 6.45) is 1.68. The molecule has 0 heterocycles. The topological polar surface area (TPSA) is 32.3 Å². The van der Waals surface area contributed by atoms with Crippen molar-refractivity contribution in [3.05, 3.63) is 33.8 Å². The Morgan fingerprint density at radius 1 is 1.29 bits per heavy atom. The van der Waals surface area contributed by atoms with E-state index in [2.05, 4.69) is 40.0 Å². The average molecular weight is 363 g/mol. The van der Waals surface area contributed by atoms with Gasteiger partial charge in [-0.1, -0.05) is 15.9 Å². The van der Waals surface area contributed by atoms with Gasteiger partial charge in [0.25, 0.3) is 5.91 Å². The second-order valence-electron chi connectivity index (χ2n) is 5.28. The lowest BCUT2D eigenvalue weighted by Gasteiger charge is -2.20. The van der Waals surface area contributed by atoms with Crippen molar-refractivity contribution in [2.45, 2.75) is 32.7 Å². The smallest absolute Gasteiger partial charge is 0.257 e. The van der Waals surface area contributed by atoms with Crippen LogP contribution in [0.15, 0.2) is 16.6 Å². The molecule has 0 atom stereocenters. The number of rotatable bonds is 7. The van der Waals surface area contributed by atoms with E-state index in [-0.39, 0.29) is 4.47 Å². The second kappa shape index (κ2) is 8.44. The minimum Gasteiger partial charge on any atom is -0.352 e. The number of halogens is 3. The normalized spacial score (nSPS) is 11.2. The van der Waals surface area contributed by atoms with Gasteiger partial charge in [-0.25, -0.2) is 8.78 Å². The molecule has 6 heteroatoms. The third kappa shape index (κ3) is 5.71. The van der Waals surface area contributed by atoms with Crippen molar-refractivity contribution in [2.75, 3.05) is 20.1 Å². The highest BCUT2D eigenvalue weighted by Gasteiger charge is 2.17. The van der Waals surface area contributed by atoms with Crippen LogP contribution in [0.2, 0.25) is 0 Å². The molecule has 1 aromatic carbocycles. The summed E-state index contributed by atoms with van der Waals surface area (Å²) in [5.41, 5.74) is -0.530. The van der Waals surface area contributed by atoms with Crippen LogP contribution >= 0.6 is 15.9 Å². The van der Waals surface area contributed by atoms with Crippen LogP contribution in [-0.2, 0) is 0 Å². The number of carbonyl (C=O) groups excluding carboxylic acids is 1. The van der Waals surface area contributed by atoms with Crippen LogP contribution < -0.4 is 5.32 Å². The lowest BCUT2D eigenvalue weighted by Crippen LogP contribution is -2.29. The quantitative estimate of drug-likeness (QED) is 0.751. The molecule has 1 amide bonds. The lowest BCUT2D eigenvalue weighted by atomic mass is 10.2. The molecule has 0 radical (unpaired) electrons. The lowest BCUT2D eigenvalue weighted by molar-refractivity contribution is 0.0944. The summed E-state index contributed by atoms with van der Waals surface area (Å²) in [4.78, 5) is 14.0. The molecule has 3 nitrogen and oxygen atoms in total. The highest BCUT2D eigenvalue weighted by atomic mass is 79.9. The van der Waals surface area contributed by atoms with Crippen LogP contribution in [0.3, 0.4) is 0 Å². The van der Waals surface area contributed by atoms with Gasteiger partial charge in [-0.2, -0.15) is 0 Å². The Kier molecular flexibility index (Phi) is 7.25. The first-order chi connectivity index (χ1) is 9.82. The Morgan fingerprint density at radius 2 is 1.86 bits per heavy atom. The van der Waals surface area contributed by atoms with Crippen molar-refractivity contribution in [3.8, 4) is 0 Å². The summed E-state index contributed by atoms with van der Waals surface area (Å²) < 4.78 is 27.5. The minimum atomic E-state index is -0.862. The number of hydrogen-bond acceptors (Lipinski definition) is 2. The number of nitrogens with zero attached hydrogens (tertiary/aromatic N) is 1. The maximum absolute atomic E-state index is 13.6. The monoisotopic (exact) mass is 362 g/mol. The summed E-state index contributed by atoms with van der Waals surface area (Å²) in [6, 6.07) is 2.64. The van der Waals surface area contributed by atoms with Gasteiger partial charge in [0, 0.05) is 17.1 Å². The third-order valence-electron chi connectivity index (χ3n) is 3.34. The van der Waals surface area contributed by atoms with Crippen molar-refractivity contribution in [1.82, 2.24) is 10.2 Å². The molecule has 0 unspecified atom stereocenters. The van der Waals surface area contributed by atoms with Gasteiger partial charge in [-0.05, 0) is 52.4 Å². The first-order valence-electron chi connectivity index (χ1n) is 6.96. The molecule has 1 aromatic rings. The van der Waals surface area contributed by atoms with Crippen molar-refractivity contribution < 1.29 is 13.6 Å². The number of nitrogens with one attached hydrogen (secondary N) is 1. The van der Waals surface area contributed by atoms with E-state index in [0.717, 1.165) is 31.5 Å². The molecular weight excluding hydrogens is 342 g/mol. The Hall–Kier alpha value is -1.01. The fourth-order valence-corrected chi connectivity index (χ4v) is 2.20. The standard InChI is InChI=1S/C15H21BrF2N2O/c1-10(2)20(3)7-5-4-6-19-15(21)14-12(17)8-11(16)9-13(14)18/h8-10H,4-7H2,1-3H3,(H,19,21). The molecule has 1 rings (SSSR count). The maximum atomic E-state index is 13.6. The van der Waals surface area contributed by atoms with Crippen LogP contribution in [0.25, 0.3) is 0 Å². The summed E-state index contributed by atoms with van der Waals surface area (Å²) in [5, 5.41) is 2.55. The van der Waals surface area contributed by atoms with E-state index in [9.17, 15) is 13.6 Å². The van der Waals surface area contributed by atoms with E-state index in [0.29, 0.717) is 12.6 Å². The van der Waals surface area contributed by atoms with Gasteiger partial charge in [-0.15, -0.1) is 0 Å². The molecular formula is C15H21BrF2N2O. The Balaban J connectivity index is 2.42. The molecule has 1 N–H and O–H groups in total. The molecule has 0 aliphatic rings.